The maximum atomic E-state index is 12.9. The van der Waals surface area contributed by atoms with Crippen LogP contribution in [0.25, 0.3) is 0 Å². The topological polar surface area (TPSA) is 74.3 Å². The molecule has 0 aliphatic rings. The van der Waals surface area contributed by atoms with E-state index in [0.717, 1.165) is 17.8 Å². The lowest BCUT2D eigenvalue weighted by atomic mass is 10.1. The van der Waals surface area contributed by atoms with Crippen LogP contribution in [0.15, 0.2) is 60.9 Å². The molecule has 0 spiro atoms. The van der Waals surface area contributed by atoms with Gasteiger partial charge in [0.25, 0.3) is 11.8 Å². The summed E-state index contributed by atoms with van der Waals surface area (Å²) in [7, 11) is 3.70. The smallest absolute Gasteiger partial charge is 0.376 e. The molecule has 0 saturated carbocycles. The summed E-state index contributed by atoms with van der Waals surface area (Å²) in [6.45, 7) is 1.74. The van der Waals surface area contributed by atoms with Crippen LogP contribution < -0.4 is 15.5 Å². The Morgan fingerprint density at radius 1 is 0.906 bits per heavy atom. The molecule has 0 bridgehead atoms. The van der Waals surface area contributed by atoms with E-state index in [9.17, 15) is 22.8 Å². The van der Waals surface area contributed by atoms with E-state index in [0.29, 0.717) is 16.8 Å². The molecule has 0 aliphatic heterocycles. The number of carbonyl (C=O) groups is 2. The molecule has 0 unspecified atom stereocenters. The minimum atomic E-state index is -4.55. The highest BCUT2D eigenvalue weighted by Crippen LogP contribution is 2.29. The number of aromatic nitrogens is 1. The second kappa shape index (κ2) is 9.09. The molecular weight excluding hydrogens is 421 g/mol. The van der Waals surface area contributed by atoms with Gasteiger partial charge in [-0.1, -0.05) is 12.1 Å². The largest absolute Gasteiger partial charge is 0.416 e. The van der Waals surface area contributed by atoms with E-state index in [2.05, 4.69) is 15.6 Å². The zero-order valence-corrected chi connectivity index (χ0v) is 17.6. The first-order valence-corrected chi connectivity index (χ1v) is 9.57. The number of rotatable bonds is 5. The average molecular weight is 442 g/mol. The first-order chi connectivity index (χ1) is 15.0. The lowest BCUT2D eigenvalue weighted by Gasteiger charge is -2.14. The minimum absolute atomic E-state index is 0.141. The molecule has 166 valence electrons. The minimum Gasteiger partial charge on any atom is -0.376 e. The quantitative estimate of drug-likeness (QED) is 0.585. The maximum absolute atomic E-state index is 12.9. The van der Waals surface area contributed by atoms with Crippen molar-refractivity contribution < 1.29 is 22.8 Å². The van der Waals surface area contributed by atoms with Crippen LogP contribution in [0.1, 0.15) is 31.8 Å². The number of nitrogens with zero attached hydrogens (tertiary/aromatic N) is 2. The summed E-state index contributed by atoms with van der Waals surface area (Å²) in [5, 5.41) is 5.31. The zero-order chi connectivity index (χ0) is 23.5. The van der Waals surface area contributed by atoms with Crippen molar-refractivity contribution in [1.82, 2.24) is 4.98 Å². The molecule has 0 atom stereocenters. The number of nitrogens with one attached hydrogen (secondary N) is 2. The zero-order valence-electron chi connectivity index (χ0n) is 17.6. The van der Waals surface area contributed by atoms with Crippen LogP contribution in [0, 0.1) is 6.92 Å². The summed E-state index contributed by atoms with van der Waals surface area (Å²) in [6, 6.07) is 10.6. The van der Waals surface area contributed by atoms with Gasteiger partial charge in [-0.25, -0.2) is 0 Å². The van der Waals surface area contributed by atoms with Gasteiger partial charge in [0.15, 0.2) is 0 Å². The van der Waals surface area contributed by atoms with E-state index >= 15 is 0 Å². The number of benzene rings is 2. The van der Waals surface area contributed by atoms with E-state index in [1.54, 1.807) is 31.3 Å². The molecule has 1 aromatic heterocycles. The van der Waals surface area contributed by atoms with Gasteiger partial charge < -0.3 is 15.5 Å². The third kappa shape index (κ3) is 5.42. The standard InChI is InChI=1S/C23H21F3N4O2/c1-14-7-8-17(28-21(31)15-5-4-6-16(9-15)23(24,25)26)11-20(14)22(32)29-18-10-19(30(2)3)13-27-12-18/h4-13H,1-3H3,(H,28,31)(H,29,32). The van der Waals surface area contributed by atoms with E-state index in [-0.39, 0.29) is 11.3 Å². The van der Waals surface area contributed by atoms with Gasteiger partial charge in [-0.2, -0.15) is 13.2 Å². The number of halogens is 3. The summed E-state index contributed by atoms with van der Waals surface area (Å²) >= 11 is 0. The predicted octanol–water partition coefficient (Wildman–Crippen LogP) is 4.98. The van der Waals surface area contributed by atoms with Gasteiger partial charge in [0, 0.05) is 30.9 Å². The molecule has 3 rings (SSSR count). The Bertz CT molecular complexity index is 1160. The second-order valence-electron chi connectivity index (χ2n) is 7.34. The van der Waals surface area contributed by atoms with E-state index in [4.69, 9.17) is 0 Å². The van der Waals surface area contributed by atoms with Gasteiger partial charge in [0.2, 0.25) is 0 Å². The maximum Gasteiger partial charge on any atom is 0.416 e. The first kappa shape index (κ1) is 22.8. The molecule has 0 fully saturated rings. The van der Waals surface area contributed by atoms with Crippen molar-refractivity contribution in [2.45, 2.75) is 13.1 Å². The lowest BCUT2D eigenvalue weighted by Crippen LogP contribution is -2.17. The van der Waals surface area contributed by atoms with Gasteiger partial charge >= 0.3 is 6.18 Å². The molecule has 2 amide bonds. The monoisotopic (exact) mass is 442 g/mol. The van der Waals surface area contributed by atoms with Gasteiger partial charge in [0.05, 0.1) is 29.3 Å². The third-order valence-electron chi connectivity index (χ3n) is 4.69. The number of hydrogen-bond acceptors (Lipinski definition) is 4. The predicted molar refractivity (Wildman–Crippen MR) is 117 cm³/mol. The van der Waals surface area contributed by atoms with E-state index in [1.165, 1.54) is 24.4 Å². The number of alkyl halides is 3. The summed E-state index contributed by atoms with van der Waals surface area (Å²) in [6.07, 6.45) is -1.38. The Morgan fingerprint density at radius 2 is 1.62 bits per heavy atom. The molecule has 0 saturated heterocycles. The van der Waals surface area contributed by atoms with Gasteiger partial charge in [-0.15, -0.1) is 0 Å². The second-order valence-corrected chi connectivity index (χ2v) is 7.34. The molecule has 3 aromatic rings. The third-order valence-corrected chi connectivity index (χ3v) is 4.69. The number of carbonyl (C=O) groups excluding carboxylic acids is 2. The van der Waals surface area contributed by atoms with Crippen LogP contribution in [-0.2, 0) is 6.18 Å². The Balaban J connectivity index is 1.79. The fourth-order valence-corrected chi connectivity index (χ4v) is 2.92. The Hall–Kier alpha value is -3.88. The first-order valence-electron chi connectivity index (χ1n) is 9.57. The van der Waals surface area contributed by atoms with Crippen LogP contribution in [0.3, 0.4) is 0 Å². The van der Waals surface area contributed by atoms with Crippen molar-refractivity contribution >= 4 is 28.9 Å². The highest BCUT2D eigenvalue weighted by Gasteiger charge is 2.30. The van der Waals surface area contributed by atoms with Crippen LogP contribution >= 0.6 is 0 Å². The van der Waals surface area contributed by atoms with Crippen molar-refractivity contribution in [3.63, 3.8) is 0 Å². The Labute approximate surface area is 183 Å². The summed E-state index contributed by atoms with van der Waals surface area (Å²) in [5.74, 6) is -1.12. The summed E-state index contributed by atoms with van der Waals surface area (Å²) in [4.78, 5) is 31.2. The molecule has 2 N–H and O–H groups in total. The molecule has 9 heteroatoms. The van der Waals surface area contributed by atoms with Crippen LogP contribution in [-0.4, -0.2) is 30.9 Å². The number of anilines is 3. The van der Waals surface area contributed by atoms with Gasteiger partial charge in [-0.3, -0.25) is 14.6 Å². The van der Waals surface area contributed by atoms with Crippen molar-refractivity contribution in [2.24, 2.45) is 0 Å². The van der Waals surface area contributed by atoms with Crippen LogP contribution in [0.2, 0.25) is 0 Å². The van der Waals surface area contributed by atoms with Crippen LogP contribution in [0.5, 0.6) is 0 Å². The van der Waals surface area contributed by atoms with Crippen LogP contribution in [0.4, 0.5) is 30.2 Å². The Morgan fingerprint density at radius 3 is 2.31 bits per heavy atom. The van der Waals surface area contributed by atoms with Crippen molar-refractivity contribution in [1.29, 1.82) is 0 Å². The normalized spacial score (nSPS) is 11.1. The van der Waals surface area contributed by atoms with Crippen molar-refractivity contribution in [3.8, 4) is 0 Å². The number of pyridine rings is 1. The summed E-state index contributed by atoms with van der Waals surface area (Å²) in [5.41, 5.74) is 1.50. The van der Waals surface area contributed by atoms with Crippen molar-refractivity contribution in [3.05, 3.63) is 83.2 Å². The molecule has 0 aliphatic carbocycles. The molecule has 2 aromatic carbocycles. The highest BCUT2D eigenvalue weighted by atomic mass is 19.4. The average Bonchev–Trinajstić information content (AvgIpc) is 2.74. The SMILES string of the molecule is Cc1ccc(NC(=O)c2cccc(C(F)(F)F)c2)cc1C(=O)Nc1cncc(N(C)C)c1. The lowest BCUT2D eigenvalue weighted by molar-refractivity contribution is -0.137. The number of hydrogen-bond donors (Lipinski definition) is 2. The fourth-order valence-electron chi connectivity index (χ4n) is 2.92. The van der Waals surface area contributed by atoms with Gasteiger partial charge in [0.1, 0.15) is 0 Å². The molecule has 6 nitrogen and oxygen atoms in total. The van der Waals surface area contributed by atoms with Crippen molar-refractivity contribution in [2.75, 3.05) is 29.6 Å². The fraction of sp³-hybridized carbons (Fsp3) is 0.174. The summed E-state index contributed by atoms with van der Waals surface area (Å²) < 4.78 is 38.7. The number of amides is 2. The number of aryl methyl sites for hydroxylation is 1. The molecule has 0 radical (unpaired) electrons. The van der Waals surface area contributed by atoms with Gasteiger partial charge in [-0.05, 0) is 48.9 Å². The molecule has 1 heterocycles. The molecule has 32 heavy (non-hydrogen) atoms. The molecular formula is C23H21F3N4O2. The Kier molecular flexibility index (Phi) is 6.47. The highest BCUT2D eigenvalue weighted by molar-refractivity contribution is 6.08. The van der Waals surface area contributed by atoms with E-state index in [1.807, 2.05) is 19.0 Å². The van der Waals surface area contributed by atoms with E-state index < -0.39 is 23.6 Å².